The summed E-state index contributed by atoms with van der Waals surface area (Å²) in [6.45, 7) is 0.766. The first-order valence-electron chi connectivity index (χ1n) is 8.25. The van der Waals surface area contributed by atoms with E-state index in [1.807, 2.05) is 0 Å². The molecule has 27 heavy (non-hydrogen) atoms. The van der Waals surface area contributed by atoms with E-state index in [2.05, 4.69) is 5.32 Å². The molecule has 0 radical (unpaired) electrons. The predicted molar refractivity (Wildman–Crippen MR) is 96.9 cm³/mol. The summed E-state index contributed by atoms with van der Waals surface area (Å²) in [6.07, 6.45) is 0. The predicted octanol–water partition coefficient (Wildman–Crippen LogP) is 2.11. The van der Waals surface area contributed by atoms with Crippen molar-refractivity contribution in [2.75, 3.05) is 38.7 Å². The van der Waals surface area contributed by atoms with Crippen molar-refractivity contribution in [2.24, 2.45) is 0 Å². The number of hydrogen-bond donors (Lipinski definition) is 1. The largest absolute Gasteiger partial charge is 0.495 e. The van der Waals surface area contributed by atoms with Crippen LogP contribution in [0.25, 0.3) is 0 Å². The molecule has 1 heterocycles. The monoisotopic (exact) mass is 394 g/mol. The van der Waals surface area contributed by atoms with Crippen LogP contribution < -0.4 is 10.1 Å². The van der Waals surface area contributed by atoms with Gasteiger partial charge in [0.05, 0.1) is 26.0 Å². The molecule has 1 aliphatic rings. The summed E-state index contributed by atoms with van der Waals surface area (Å²) in [6, 6.07) is 10.0. The number of nitrogens with zero attached hydrogens (tertiary/aromatic N) is 1. The molecule has 0 aromatic heterocycles. The number of rotatable bonds is 5. The van der Waals surface area contributed by atoms with Crippen LogP contribution in [0.3, 0.4) is 0 Å². The van der Waals surface area contributed by atoms with E-state index in [0.717, 1.165) is 16.4 Å². The number of morpholine rings is 1. The fourth-order valence-electron chi connectivity index (χ4n) is 2.71. The highest BCUT2D eigenvalue weighted by Gasteiger charge is 2.29. The van der Waals surface area contributed by atoms with Gasteiger partial charge in [0, 0.05) is 18.7 Å². The second-order valence-corrected chi connectivity index (χ2v) is 7.72. The molecule has 0 aliphatic carbocycles. The van der Waals surface area contributed by atoms with E-state index in [0.29, 0.717) is 11.4 Å². The Morgan fingerprint density at radius 2 is 1.89 bits per heavy atom. The Kier molecular flexibility index (Phi) is 5.73. The third kappa shape index (κ3) is 4.10. The molecule has 1 N–H and O–H groups in total. The summed E-state index contributed by atoms with van der Waals surface area (Å²) in [4.78, 5) is 12.0. The number of benzene rings is 2. The fourth-order valence-corrected chi connectivity index (χ4v) is 4.21. The second kappa shape index (κ2) is 8.03. The first kappa shape index (κ1) is 19.3. The average Bonchev–Trinajstić information content (AvgIpc) is 2.69. The van der Waals surface area contributed by atoms with Gasteiger partial charge in [-0.2, -0.15) is 4.31 Å². The molecule has 144 valence electrons. The van der Waals surface area contributed by atoms with Crippen molar-refractivity contribution in [3.63, 3.8) is 0 Å². The number of halogens is 1. The molecule has 9 heteroatoms. The summed E-state index contributed by atoms with van der Waals surface area (Å²) in [5.41, 5.74) is 0.445. The van der Waals surface area contributed by atoms with Crippen LogP contribution in [0.4, 0.5) is 10.1 Å². The number of carbonyl (C=O) groups is 1. The molecular weight excluding hydrogens is 375 g/mol. The quantitative estimate of drug-likeness (QED) is 0.840. The zero-order valence-electron chi connectivity index (χ0n) is 14.6. The van der Waals surface area contributed by atoms with Crippen LogP contribution >= 0.6 is 0 Å². The van der Waals surface area contributed by atoms with Crippen LogP contribution in [0.2, 0.25) is 0 Å². The maximum absolute atomic E-state index is 14.2. The van der Waals surface area contributed by atoms with Gasteiger partial charge in [0.25, 0.3) is 5.91 Å². The summed E-state index contributed by atoms with van der Waals surface area (Å²) < 4.78 is 51.1. The molecule has 0 bridgehead atoms. The smallest absolute Gasteiger partial charge is 0.255 e. The van der Waals surface area contributed by atoms with Crippen molar-refractivity contribution in [2.45, 2.75) is 4.90 Å². The van der Waals surface area contributed by atoms with E-state index >= 15 is 0 Å². The molecule has 0 saturated carbocycles. The summed E-state index contributed by atoms with van der Waals surface area (Å²) in [5.74, 6) is -1.03. The molecule has 1 fully saturated rings. The Hall–Kier alpha value is -2.49. The van der Waals surface area contributed by atoms with Gasteiger partial charge >= 0.3 is 0 Å². The van der Waals surface area contributed by atoms with E-state index in [4.69, 9.17) is 9.47 Å². The van der Waals surface area contributed by atoms with Crippen molar-refractivity contribution in [1.82, 2.24) is 4.31 Å². The van der Waals surface area contributed by atoms with E-state index in [1.54, 1.807) is 24.3 Å². The van der Waals surface area contributed by atoms with Gasteiger partial charge in [0.15, 0.2) is 0 Å². The lowest BCUT2D eigenvalue weighted by atomic mass is 10.2. The van der Waals surface area contributed by atoms with Crippen molar-refractivity contribution in [3.05, 3.63) is 53.8 Å². The van der Waals surface area contributed by atoms with Crippen LogP contribution in [0.5, 0.6) is 5.75 Å². The lowest BCUT2D eigenvalue weighted by Gasteiger charge is -2.26. The number of methoxy groups -OCH3 is 1. The zero-order valence-corrected chi connectivity index (χ0v) is 15.5. The lowest BCUT2D eigenvalue weighted by Crippen LogP contribution is -2.41. The van der Waals surface area contributed by atoms with Crippen LogP contribution in [0.1, 0.15) is 10.4 Å². The van der Waals surface area contributed by atoms with Gasteiger partial charge < -0.3 is 14.8 Å². The normalized spacial score (nSPS) is 15.3. The van der Waals surface area contributed by atoms with Gasteiger partial charge in [-0.1, -0.05) is 12.1 Å². The lowest BCUT2D eigenvalue weighted by molar-refractivity contribution is 0.0729. The summed E-state index contributed by atoms with van der Waals surface area (Å²) in [5, 5.41) is 2.64. The topological polar surface area (TPSA) is 84.9 Å². The van der Waals surface area contributed by atoms with Gasteiger partial charge in [-0.25, -0.2) is 12.8 Å². The van der Waals surface area contributed by atoms with E-state index in [1.165, 1.54) is 13.2 Å². The molecule has 0 unspecified atom stereocenters. The molecule has 1 saturated heterocycles. The minimum absolute atomic E-state index is 0.0224. The Balaban J connectivity index is 1.89. The number of anilines is 1. The zero-order chi connectivity index (χ0) is 19.4. The van der Waals surface area contributed by atoms with Gasteiger partial charge in [-0.15, -0.1) is 0 Å². The van der Waals surface area contributed by atoms with E-state index < -0.39 is 26.6 Å². The number of hydrogen-bond acceptors (Lipinski definition) is 5. The minimum atomic E-state index is -4.06. The van der Waals surface area contributed by atoms with Gasteiger partial charge in [0.2, 0.25) is 10.0 Å². The standard InChI is InChI=1S/C18H19FN2O5S/c1-25-16-5-3-2-4-15(16)20-18(22)13-6-7-14(19)17(12-13)27(23,24)21-8-10-26-11-9-21/h2-7,12H,8-11H2,1H3,(H,20,22). The van der Waals surface area contributed by atoms with Crippen LogP contribution in [0.15, 0.2) is 47.4 Å². The Morgan fingerprint density at radius 3 is 2.59 bits per heavy atom. The highest BCUT2D eigenvalue weighted by atomic mass is 32.2. The number of carbonyl (C=O) groups excluding carboxylic acids is 1. The van der Waals surface area contributed by atoms with Crippen molar-refractivity contribution in [3.8, 4) is 5.75 Å². The van der Waals surface area contributed by atoms with Crippen molar-refractivity contribution in [1.29, 1.82) is 0 Å². The molecule has 1 aliphatic heterocycles. The van der Waals surface area contributed by atoms with Crippen LogP contribution in [-0.2, 0) is 14.8 Å². The van der Waals surface area contributed by atoms with E-state index in [-0.39, 0.29) is 31.9 Å². The highest BCUT2D eigenvalue weighted by Crippen LogP contribution is 2.25. The van der Waals surface area contributed by atoms with Gasteiger partial charge in [0.1, 0.15) is 16.5 Å². The summed E-state index contributed by atoms with van der Waals surface area (Å²) in [7, 11) is -2.59. The molecule has 7 nitrogen and oxygen atoms in total. The van der Waals surface area contributed by atoms with Gasteiger partial charge in [-0.05, 0) is 30.3 Å². The third-order valence-electron chi connectivity index (χ3n) is 4.14. The second-order valence-electron chi connectivity index (χ2n) is 5.82. The molecule has 2 aromatic rings. The van der Waals surface area contributed by atoms with Crippen molar-refractivity contribution < 1.29 is 27.1 Å². The van der Waals surface area contributed by atoms with Crippen LogP contribution in [0, 0.1) is 5.82 Å². The van der Waals surface area contributed by atoms with Crippen LogP contribution in [-0.4, -0.2) is 52.0 Å². The first-order chi connectivity index (χ1) is 12.9. The fraction of sp³-hybridized carbons (Fsp3) is 0.278. The Bertz CT molecular complexity index is 943. The molecule has 0 atom stereocenters. The number of sulfonamides is 1. The van der Waals surface area contributed by atoms with Crippen molar-refractivity contribution >= 4 is 21.6 Å². The number of ether oxygens (including phenoxy) is 2. The van der Waals surface area contributed by atoms with E-state index in [9.17, 15) is 17.6 Å². The van der Waals surface area contributed by atoms with Gasteiger partial charge in [-0.3, -0.25) is 4.79 Å². The number of para-hydroxylation sites is 2. The maximum Gasteiger partial charge on any atom is 0.255 e. The molecule has 0 spiro atoms. The molecule has 2 aromatic carbocycles. The number of amides is 1. The maximum atomic E-state index is 14.2. The molecule has 3 rings (SSSR count). The first-order valence-corrected chi connectivity index (χ1v) is 9.69. The minimum Gasteiger partial charge on any atom is -0.495 e. The third-order valence-corrected chi connectivity index (χ3v) is 6.05. The number of nitrogens with one attached hydrogen (secondary N) is 1. The average molecular weight is 394 g/mol. The highest BCUT2D eigenvalue weighted by molar-refractivity contribution is 7.89. The Labute approximate surface area is 156 Å². The summed E-state index contributed by atoms with van der Waals surface area (Å²) >= 11 is 0. The Morgan fingerprint density at radius 1 is 1.19 bits per heavy atom. The SMILES string of the molecule is COc1ccccc1NC(=O)c1ccc(F)c(S(=O)(=O)N2CCOCC2)c1. The molecule has 1 amide bonds. The molecular formula is C18H19FN2O5S.